The summed E-state index contributed by atoms with van der Waals surface area (Å²) in [7, 11) is 0. The van der Waals surface area contributed by atoms with Gasteiger partial charge in [0.15, 0.2) is 0 Å². The number of carboxylic acid groups (broad SMARTS) is 1. The Bertz CT molecular complexity index is 735. The molecule has 1 N–H and O–H groups in total. The third kappa shape index (κ3) is 6.33. The quantitative estimate of drug-likeness (QED) is 0.849. The smallest absolute Gasteiger partial charge is 0.475 e. The second kappa shape index (κ2) is 9.47. The van der Waals surface area contributed by atoms with Gasteiger partial charge in [-0.25, -0.2) is 4.79 Å². The first-order valence-corrected chi connectivity index (χ1v) is 8.25. The summed E-state index contributed by atoms with van der Waals surface area (Å²) in [6, 6.07) is 4.02. The fourth-order valence-electron chi connectivity index (χ4n) is 2.44. The molecule has 1 unspecified atom stereocenters. The zero-order valence-corrected chi connectivity index (χ0v) is 14.6. The molecular weight excluding hydrogens is 367 g/mol. The number of aliphatic carboxylic acids is 1. The van der Waals surface area contributed by atoms with Crippen LogP contribution in [0.3, 0.4) is 0 Å². The molecule has 3 heterocycles. The Morgan fingerprint density at radius 2 is 2.07 bits per heavy atom. The Balaban J connectivity index is 0.000000321. The number of alkyl halides is 3. The zero-order chi connectivity index (χ0) is 19.9. The van der Waals surface area contributed by atoms with Gasteiger partial charge in [-0.2, -0.15) is 18.3 Å². The summed E-state index contributed by atoms with van der Waals surface area (Å²) in [5, 5.41) is 11.8. The number of ether oxygens (including phenoxy) is 2. The van der Waals surface area contributed by atoms with E-state index >= 15 is 0 Å². The van der Waals surface area contributed by atoms with Crippen molar-refractivity contribution in [3.05, 3.63) is 47.5 Å². The molecule has 2 aromatic heterocycles. The second-order valence-electron chi connectivity index (χ2n) is 5.66. The van der Waals surface area contributed by atoms with Crippen LogP contribution in [0, 0.1) is 0 Å². The molecule has 2 aromatic rings. The molecule has 1 aliphatic heterocycles. The summed E-state index contributed by atoms with van der Waals surface area (Å²) in [4.78, 5) is 12.9. The molecule has 10 heteroatoms. The SMILES string of the molecule is CCOCC1OCCc2cn(Cc3ccncc3)nc21.O=C(O)C(F)(F)F. The fraction of sp³-hybridized carbons (Fsp3) is 0.471. The lowest BCUT2D eigenvalue weighted by Gasteiger charge is -2.21. The predicted molar refractivity (Wildman–Crippen MR) is 88.1 cm³/mol. The van der Waals surface area contributed by atoms with E-state index < -0.39 is 12.1 Å². The van der Waals surface area contributed by atoms with Gasteiger partial charge in [-0.3, -0.25) is 9.67 Å². The van der Waals surface area contributed by atoms with Crippen molar-refractivity contribution < 1.29 is 32.5 Å². The number of nitrogens with zero attached hydrogens (tertiary/aromatic N) is 3. The summed E-state index contributed by atoms with van der Waals surface area (Å²) in [6.45, 7) is 4.77. The maximum Gasteiger partial charge on any atom is 0.490 e. The Morgan fingerprint density at radius 3 is 2.67 bits per heavy atom. The molecule has 0 aromatic carbocycles. The molecule has 0 bridgehead atoms. The van der Waals surface area contributed by atoms with E-state index in [4.69, 9.17) is 19.4 Å². The molecular formula is C17H20F3N3O4. The minimum Gasteiger partial charge on any atom is -0.475 e. The van der Waals surface area contributed by atoms with Gasteiger partial charge in [0.1, 0.15) is 6.10 Å². The van der Waals surface area contributed by atoms with Crippen molar-refractivity contribution in [2.24, 2.45) is 0 Å². The zero-order valence-electron chi connectivity index (χ0n) is 14.6. The number of carbonyl (C=O) groups is 1. The van der Waals surface area contributed by atoms with E-state index in [1.807, 2.05) is 23.7 Å². The Morgan fingerprint density at radius 1 is 1.41 bits per heavy atom. The van der Waals surface area contributed by atoms with E-state index in [0.717, 1.165) is 25.3 Å². The lowest BCUT2D eigenvalue weighted by molar-refractivity contribution is -0.192. The van der Waals surface area contributed by atoms with E-state index in [-0.39, 0.29) is 6.10 Å². The predicted octanol–water partition coefficient (Wildman–Crippen LogP) is 2.61. The number of halogens is 3. The van der Waals surface area contributed by atoms with Crippen molar-refractivity contribution in [3.8, 4) is 0 Å². The van der Waals surface area contributed by atoms with Crippen LogP contribution in [0.25, 0.3) is 0 Å². The maximum absolute atomic E-state index is 10.6. The van der Waals surface area contributed by atoms with Crippen molar-refractivity contribution in [1.82, 2.24) is 14.8 Å². The molecule has 1 aliphatic rings. The molecule has 27 heavy (non-hydrogen) atoms. The molecule has 3 rings (SSSR count). The molecule has 0 aliphatic carbocycles. The van der Waals surface area contributed by atoms with E-state index in [1.165, 1.54) is 11.1 Å². The third-order valence-corrected chi connectivity index (χ3v) is 3.68. The summed E-state index contributed by atoms with van der Waals surface area (Å²) in [6.07, 6.45) is 1.54. The minimum absolute atomic E-state index is 0.0302. The largest absolute Gasteiger partial charge is 0.490 e. The van der Waals surface area contributed by atoms with Crippen LogP contribution in [-0.4, -0.2) is 51.8 Å². The van der Waals surface area contributed by atoms with Crippen LogP contribution in [0.15, 0.2) is 30.7 Å². The molecule has 148 valence electrons. The standard InChI is InChI=1S/C15H19N3O2.C2HF3O2/c1-2-19-11-14-15-13(5-8-20-14)10-18(17-15)9-12-3-6-16-7-4-12;3-2(4,5)1(6)7/h3-4,6-7,10,14H,2,5,8-9,11H2,1H3;(H,6,7). The van der Waals surface area contributed by atoms with Gasteiger partial charge >= 0.3 is 12.1 Å². The van der Waals surface area contributed by atoms with Gasteiger partial charge in [0.2, 0.25) is 0 Å². The fourth-order valence-corrected chi connectivity index (χ4v) is 2.44. The van der Waals surface area contributed by atoms with Gasteiger partial charge in [-0.1, -0.05) is 0 Å². The third-order valence-electron chi connectivity index (χ3n) is 3.68. The van der Waals surface area contributed by atoms with Crippen molar-refractivity contribution >= 4 is 5.97 Å². The van der Waals surface area contributed by atoms with Crippen LogP contribution in [0.5, 0.6) is 0 Å². The highest BCUT2D eigenvalue weighted by molar-refractivity contribution is 5.73. The van der Waals surface area contributed by atoms with Crippen LogP contribution in [-0.2, 0) is 27.2 Å². The highest BCUT2D eigenvalue weighted by Gasteiger charge is 2.38. The number of aromatic nitrogens is 3. The van der Waals surface area contributed by atoms with Crippen molar-refractivity contribution in [2.75, 3.05) is 19.8 Å². The molecule has 0 spiro atoms. The highest BCUT2D eigenvalue weighted by Crippen LogP contribution is 2.26. The van der Waals surface area contributed by atoms with Crippen LogP contribution >= 0.6 is 0 Å². The molecule has 1 atom stereocenters. The number of rotatable bonds is 5. The average Bonchev–Trinajstić information content (AvgIpc) is 3.03. The Hall–Kier alpha value is -2.46. The van der Waals surface area contributed by atoms with Crippen LogP contribution in [0.4, 0.5) is 13.2 Å². The number of pyridine rings is 1. The molecule has 0 amide bonds. The van der Waals surface area contributed by atoms with Crippen molar-refractivity contribution in [1.29, 1.82) is 0 Å². The Labute approximate surface area is 153 Å². The second-order valence-corrected chi connectivity index (χ2v) is 5.66. The highest BCUT2D eigenvalue weighted by atomic mass is 19.4. The summed E-state index contributed by atoms with van der Waals surface area (Å²) >= 11 is 0. The minimum atomic E-state index is -5.08. The molecule has 0 saturated heterocycles. The summed E-state index contributed by atoms with van der Waals surface area (Å²) in [5.74, 6) is -2.76. The number of hydrogen-bond acceptors (Lipinski definition) is 5. The first-order valence-electron chi connectivity index (χ1n) is 8.25. The van der Waals surface area contributed by atoms with Gasteiger partial charge in [0.05, 0.1) is 25.5 Å². The Kier molecular flexibility index (Phi) is 7.31. The normalized spacial score (nSPS) is 16.2. The number of carboxylic acids is 1. The van der Waals surface area contributed by atoms with Crippen LogP contribution in [0.2, 0.25) is 0 Å². The van der Waals surface area contributed by atoms with Gasteiger partial charge in [0, 0.05) is 25.2 Å². The lowest BCUT2D eigenvalue weighted by atomic mass is 10.1. The van der Waals surface area contributed by atoms with E-state index in [9.17, 15) is 13.2 Å². The summed E-state index contributed by atoms with van der Waals surface area (Å²) in [5.41, 5.74) is 3.50. The van der Waals surface area contributed by atoms with Gasteiger partial charge in [0.25, 0.3) is 0 Å². The van der Waals surface area contributed by atoms with E-state index in [0.29, 0.717) is 13.2 Å². The first-order chi connectivity index (χ1) is 12.8. The number of hydrogen-bond donors (Lipinski definition) is 1. The molecule has 0 saturated carbocycles. The monoisotopic (exact) mass is 387 g/mol. The topological polar surface area (TPSA) is 86.5 Å². The van der Waals surface area contributed by atoms with Crippen LogP contribution in [0.1, 0.15) is 29.8 Å². The van der Waals surface area contributed by atoms with Gasteiger partial charge in [-0.05, 0) is 36.6 Å². The average molecular weight is 387 g/mol. The number of fused-ring (bicyclic) bond motifs is 1. The van der Waals surface area contributed by atoms with Crippen molar-refractivity contribution in [2.45, 2.75) is 32.2 Å². The first kappa shape index (κ1) is 20.8. The molecule has 7 nitrogen and oxygen atoms in total. The molecule has 0 fully saturated rings. The van der Waals surface area contributed by atoms with Gasteiger partial charge < -0.3 is 14.6 Å². The molecule has 0 radical (unpaired) electrons. The van der Waals surface area contributed by atoms with E-state index in [1.54, 1.807) is 12.4 Å². The van der Waals surface area contributed by atoms with E-state index in [2.05, 4.69) is 16.3 Å². The van der Waals surface area contributed by atoms with Crippen molar-refractivity contribution in [3.63, 3.8) is 0 Å². The summed E-state index contributed by atoms with van der Waals surface area (Å²) < 4.78 is 44.9. The van der Waals surface area contributed by atoms with Gasteiger partial charge in [-0.15, -0.1) is 0 Å². The lowest BCUT2D eigenvalue weighted by Crippen LogP contribution is -2.21. The maximum atomic E-state index is 10.6. The van der Waals surface area contributed by atoms with Crippen LogP contribution < -0.4 is 0 Å².